The average Bonchev–Trinajstić information content (AvgIpc) is 2.84. The summed E-state index contributed by atoms with van der Waals surface area (Å²) in [6.07, 6.45) is 17.7. The van der Waals surface area contributed by atoms with Crippen molar-refractivity contribution in [2.24, 2.45) is 0 Å². The van der Waals surface area contributed by atoms with Crippen LogP contribution >= 0.6 is 0 Å². The third kappa shape index (κ3) is 11.3. The minimum absolute atomic E-state index is 0.129. The van der Waals surface area contributed by atoms with Crippen molar-refractivity contribution >= 4 is 17.1 Å². The first-order valence-corrected chi connectivity index (χ1v) is 12.9. The summed E-state index contributed by atoms with van der Waals surface area (Å²) < 4.78 is 0. The van der Waals surface area contributed by atoms with Gasteiger partial charge in [-0.15, -0.1) is 0 Å². The van der Waals surface area contributed by atoms with Gasteiger partial charge in [-0.1, -0.05) is 95.2 Å². The molecule has 182 valence electrons. The van der Waals surface area contributed by atoms with Crippen LogP contribution in [0.15, 0.2) is 54.6 Å². The third-order valence-corrected chi connectivity index (χ3v) is 6.23. The quantitative estimate of drug-likeness (QED) is 0.132. The molecule has 2 aromatic rings. The molecule has 0 saturated carbocycles. The van der Waals surface area contributed by atoms with Gasteiger partial charge in [0.15, 0.2) is 0 Å². The minimum atomic E-state index is -0.350. The second-order valence-corrected chi connectivity index (χ2v) is 8.93. The van der Waals surface area contributed by atoms with Gasteiger partial charge in [0, 0.05) is 36.7 Å². The molecular formula is C28H42N2O3. The highest BCUT2D eigenvalue weighted by Gasteiger charge is 2.11. The second-order valence-electron chi connectivity index (χ2n) is 8.93. The summed E-state index contributed by atoms with van der Waals surface area (Å²) in [6, 6.07) is 17.1. The summed E-state index contributed by atoms with van der Waals surface area (Å²) in [4.78, 5) is 12.9. The van der Waals surface area contributed by atoms with Crippen molar-refractivity contribution in [1.82, 2.24) is 0 Å². The molecule has 0 aliphatic carbocycles. The van der Waals surface area contributed by atoms with Crippen LogP contribution in [0.25, 0.3) is 0 Å². The maximum atomic E-state index is 11.0. The first-order chi connectivity index (χ1) is 16.2. The Labute approximate surface area is 200 Å². The Morgan fingerprint density at radius 1 is 0.606 bits per heavy atom. The molecule has 1 N–H and O–H groups in total. The fourth-order valence-corrected chi connectivity index (χ4v) is 4.27. The van der Waals surface area contributed by atoms with E-state index in [4.69, 9.17) is 5.11 Å². The summed E-state index contributed by atoms with van der Waals surface area (Å²) >= 11 is 0. The molecule has 0 aliphatic heterocycles. The van der Waals surface area contributed by atoms with Gasteiger partial charge in [0.1, 0.15) is 0 Å². The molecule has 2 rings (SSSR count). The van der Waals surface area contributed by atoms with Crippen molar-refractivity contribution in [3.05, 3.63) is 64.7 Å². The van der Waals surface area contributed by atoms with E-state index in [9.17, 15) is 10.1 Å². The summed E-state index contributed by atoms with van der Waals surface area (Å²) in [5.41, 5.74) is 2.25. The van der Waals surface area contributed by atoms with Crippen molar-refractivity contribution in [3.63, 3.8) is 0 Å². The zero-order chi connectivity index (χ0) is 23.6. The molecule has 0 heterocycles. The number of para-hydroxylation sites is 1. The molecule has 2 aromatic carbocycles. The molecule has 0 fully saturated rings. The third-order valence-electron chi connectivity index (χ3n) is 6.23. The lowest BCUT2D eigenvalue weighted by Crippen LogP contribution is -2.18. The number of rotatable bonds is 19. The molecule has 5 nitrogen and oxygen atoms in total. The highest BCUT2D eigenvalue weighted by molar-refractivity contribution is 5.64. The first-order valence-electron chi connectivity index (χ1n) is 12.9. The van der Waals surface area contributed by atoms with Gasteiger partial charge in [-0.25, -0.2) is 0 Å². The van der Waals surface area contributed by atoms with Gasteiger partial charge in [-0.05, 0) is 37.1 Å². The van der Waals surface area contributed by atoms with Gasteiger partial charge >= 0.3 is 0 Å². The number of nitro benzene ring substituents is 1. The molecular weight excluding hydrogens is 412 g/mol. The number of unbranched alkanes of at least 4 members (excludes halogenated alkanes) is 13. The fraction of sp³-hybridized carbons (Fsp3) is 0.571. The number of nitro groups is 1. The number of hydrogen-bond donors (Lipinski definition) is 1. The van der Waals surface area contributed by atoms with E-state index in [-0.39, 0.29) is 10.6 Å². The van der Waals surface area contributed by atoms with E-state index < -0.39 is 0 Å². The largest absolute Gasteiger partial charge is 0.396 e. The van der Waals surface area contributed by atoms with Crippen molar-refractivity contribution in [1.29, 1.82) is 0 Å². The van der Waals surface area contributed by atoms with Gasteiger partial charge in [-0.3, -0.25) is 10.1 Å². The summed E-state index contributed by atoms with van der Waals surface area (Å²) in [7, 11) is 0. The molecule has 0 aliphatic rings. The number of hydrogen-bond acceptors (Lipinski definition) is 4. The summed E-state index contributed by atoms with van der Waals surface area (Å²) in [5.74, 6) is 0. The van der Waals surface area contributed by atoms with Crippen LogP contribution in [-0.4, -0.2) is 23.2 Å². The van der Waals surface area contributed by atoms with Crippen LogP contribution in [0, 0.1) is 10.1 Å². The van der Waals surface area contributed by atoms with Crippen molar-refractivity contribution in [2.45, 2.75) is 89.9 Å². The highest BCUT2D eigenvalue weighted by atomic mass is 16.6. The second kappa shape index (κ2) is 17.1. The Balaban J connectivity index is 1.59. The number of nitrogens with zero attached hydrogens (tertiary/aromatic N) is 2. The molecule has 0 spiro atoms. The van der Waals surface area contributed by atoms with Crippen LogP contribution < -0.4 is 4.90 Å². The first kappa shape index (κ1) is 26.8. The van der Waals surface area contributed by atoms with Gasteiger partial charge in [-0.2, -0.15) is 0 Å². The molecule has 0 aromatic heterocycles. The summed E-state index contributed by atoms with van der Waals surface area (Å²) in [6.45, 7) is 1.26. The Hall–Kier alpha value is -2.40. The van der Waals surface area contributed by atoms with E-state index >= 15 is 0 Å². The molecule has 0 atom stereocenters. The number of aliphatic hydroxyl groups is 1. The van der Waals surface area contributed by atoms with Crippen LogP contribution in [0.2, 0.25) is 0 Å². The standard InChI is InChI=1S/C28H42N2O3/c31-25-17-12-10-8-6-4-2-1-3-5-7-9-11-16-24-29(26-18-14-13-15-19-26)27-20-22-28(23-21-27)30(32)33/h13-15,18-23,31H,1-12,16-17,24-25H2. The van der Waals surface area contributed by atoms with E-state index in [2.05, 4.69) is 17.0 Å². The van der Waals surface area contributed by atoms with Gasteiger partial charge in [0.05, 0.1) is 4.92 Å². The molecule has 33 heavy (non-hydrogen) atoms. The normalized spacial score (nSPS) is 10.9. The van der Waals surface area contributed by atoms with Crippen molar-refractivity contribution in [3.8, 4) is 0 Å². The molecule has 5 heteroatoms. The molecule has 0 unspecified atom stereocenters. The lowest BCUT2D eigenvalue weighted by atomic mass is 10.0. The molecule has 0 radical (unpaired) electrons. The molecule has 0 saturated heterocycles. The van der Waals surface area contributed by atoms with Crippen LogP contribution in [0.4, 0.5) is 17.1 Å². The van der Waals surface area contributed by atoms with Crippen molar-refractivity contribution < 1.29 is 10.0 Å². The molecule has 0 bridgehead atoms. The predicted molar refractivity (Wildman–Crippen MR) is 138 cm³/mol. The van der Waals surface area contributed by atoms with Crippen LogP contribution in [0.3, 0.4) is 0 Å². The van der Waals surface area contributed by atoms with E-state index in [0.717, 1.165) is 30.8 Å². The monoisotopic (exact) mass is 454 g/mol. The maximum Gasteiger partial charge on any atom is 0.269 e. The minimum Gasteiger partial charge on any atom is -0.396 e. The number of non-ortho nitro benzene ring substituents is 1. The zero-order valence-electron chi connectivity index (χ0n) is 20.2. The Morgan fingerprint density at radius 2 is 1.03 bits per heavy atom. The molecule has 0 amide bonds. The zero-order valence-corrected chi connectivity index (χ0v) is 20.2. The lowest BCUT2D eigenvalue weighted by Gasteiger charge is -2.25. The van der Waals surface area contributed by atoms with Crippen LogP contribution in [0.1, 0.15) is 89.9 Å². The van der Waals surface area contributed by atoms with Gasteiger partial charge < -0.3 is 10.0 Å². The Kier molecular flexibility index (Phi) is 13.9. The number of aliphatic hydroxyl groups excluding tert-OH is 1. The summed E-state index contributed by atoms with van der Waals surface area (Å²) in [5, 5.41) is 19.7. The number of benzene rings is 2. The van der Waals surface area contributed by atoms with Gasteiger partial charge in [0.2, 0.25) is 0 Å². The highest BCUT2D eigenvalue weighted by Crippen LogP contribution is 2.27. The smallest absolute Gasteiger partial charge is 0.269 e. The van der Waals surface area contributed by atoms with Crippen LogP contribution in [0.5, 0.6) is 0 Å². The van der Waals surface area contributed by atoms with E-state index in [1.54, 1.807) is 12.1 Å². The number of anilines is 2. The SMILES string of the molecule is O=[N+]([O-])c1ccc(N(CCCCCCCCCCCCCCCCO)c2ccccc2)cc1. The van der Waals surface area contributed by atoms with Crippen LogP contribution in [-0.2, 0) is 0 Å². The average molecular weight is 455 g/mol. The van der Waals surface area contributed by atoms with E-state index in [1.807, 2.05) is 30.3 Å². The fourth-order valence-electron chi connectivity index (χ4n) is 4.27. The lowest BCUT2D eigenvalue weighted by molar-refractivity contribution is -0.384. The Bertz CT molecular complexity index is 749. The van der Waals surface area contributed by atoms with E-state index in [0.29, 0.717) is 6.61 Å². The van der Waals surface area contributed by atoms with Crippen molar-refractivity contribution in [2.75, 3.05) is 18.1 Å². The topological polar surface area (TPSA) is 66.6 Å². The Morgan fingerprint density at radius 3 is 1.48 bits per heavy atom. The maximum absolute atomic E-state index is 11.0. The van der Waals surface area contributed by atoms with Gasteiger partial charge in [0.25, 0.3) is 5.69 Å². The van der Waals surface area contributed by atoms with E-state index in [1.165, 1.54) is 77.0 Å². The predicted octanol–water partition coefficient (Wildman–Crippen LogP) is 8.19.